The molecule has 4 aromatic rings. The van der Waals surface area contributed by atoms with E-state index in [1.54, 1.807) is 12.1 Å². The van der Waals surface area contributed by atoms with Crippen LogP contribution in [0.3, 0.4) is 0 Å². The Balaban J connectivity index is 1.14. The summed E-state index contributed by atoms with van der Waals surface area (Å²) in [5.74, 6) is 2.94. The molecule has 6 nitrogen and oxygen atoms in total. The molecule has 0 aliphatic heterocycles. The van der Waals surface area contributed by atoms with Crippen molar-refractivity contribution in [3.63, 3.8) is 0 Å². The smallest absolute Gasteiger partial charge is 0.329 e. The Morgan fingerprint density at radius 3 is 2.60 bits per heavy atom. The maximum absolute atomic E-state index is 12.9. The second kappa shape index (κ2) is 13.5. The average molecular weight is 665 g/mol. The molecule has 7 heteroatoms. The first-order valence-corrected chi connectivity index (χ1v) is 17.9. The van der Waals surface area contributed by atoms with Gasteiger partial charge in [-0.2, -0.15) is 0 Å². The van der Waals surface area contributed by atoms with E-state index in [1.807, 2.05) is 54.7 Å². The molecular formula is C41H45ClN2O4. The normalized spacial score (nSPS) is 25.1. The Morgan fingerprint density at radius 2 is 1.83 bits per heavy atom. The van der Waals surface area contributed by atoms with Gasteiger partial charge in [-0.1, -0.05) is 55.8 Å². The minimum absolute atomic E-state index is 0.154. The van der Waals surface area contributed by atoms with Gasteiger partial charge in [0.15, 0.2) is 0 Å². The number of rotatable bonds is 10. The number of carbonyl (C=O) groups is 1. The van der Waals surface area contributed by atoms with Crippen LogP contribution in [0.4, 0.5) is 5.69 Å². The number of carboxylic acid groups (broad SMARTS) is 1. The number of nitrogens with one attached hydrogen (secondary N) is 1. The summed E-state index contributed by atoms with van der Waals surface area (Å²) in [5.41, 5.74) is 4.65. The monoisotopic (exact) mass is 664 g/mol. The second-order valence-electron chi connectivity index (χ2n) is 14.4. The lowest BCUT2D eigenvalue weighted by atomic mass is 9.59. The molecule has 0 saturated heterocycles. The number of hydrogen-bond donors (Lipinski definition) is 2. The average Bonchev–Trinajstić information content (AvgIpc) is 3.36. The van der Waals surface area contributed by atoms with Crippen molar-refractivity contribution in [1.29, 1.82) is 0 Å². The molecule has 48 heavy (non-hydrogen) atoms. The molecular weight excluding hydrogens is 620 g/mol. The molecule has 1 aromatic heterocycles. The third kappa shape index (κ3) is 6.39. The van der Waals surface area contributed by atoms with E-state index in [-0.39, 0.29) is 5.41 Å². The molecule has 250 valence electrons. The van der Waals surface area contributed by atoms with Crippen LogP contribution in [0, 0.1) is 11.8 Å². The van der Waals surface area contributed by atoms with Crippen molar-refractivity contribution in [2.75, 3.05) is 11.9 Å². The number of halogens is 1. The van der Waals surface area contributed by atoms with Gasteiger partial charge in [0.05, 0.1) is 6.61 Å². The summed E-state index contributed by atoms with van der Waals surface area (Å²) in [7, 11) is 0. The van der Waals surface area contributed by atoms with E-state index in [0.717, 1.165) is 55.0 Å². The fraction of sp³-hybridized carbons (Fsp3) is 0.415. The molecule has 0 unspecified atom stereocenters. The number of aryl methyl sites for hydroxylation is 1. The van der Waals surface area contributed by atoms with Crippen molar-refractivity contribution < 1.29 is 19.4 Å². The number of aromatic nitrogens is 1. The standard InChI is InChI=1S/C41H45ClN2O4/c1-27(26-47-37-16-21-43-36-13-6-8-28(2)38(36)37)22-30-23-29-14-15-34(48-33-11-4-3-5-12-33)25-35(29)40(30)17-19-41(20-18-40,39(45)46)44-32-10-7-9-31(42)24-32/h3-5,7,9-12,14-16,21,24-25,27-28,30,44H,6,8,13,17-20,22-23,26H2,1-2H3,(H,45,46)/t27-,28-,30+,40?,41?/m1/s1. The van der Waals surface area contributed by atoms with Crippen LogP contribution in [0.15, 0.2) is 85.1 Å². The number of aliphatic carboxylic acids is 1. The third-order valence-electron chi connectivity index (χ3n) is 11.2. The zero-order valence-corrected chi connectivity index (χ0v) is 28.6. The SMILES string of the molecule is C[C@@H](COc1ccnc2c1[C@H](C)CCC2)C[C@H]1Cc2ccc(Oc3ccccc3)cc2C12CCC(Nc1cccc(Cl)c1)(C(=O)O)CC2. The van der Waals surface area contributed by atoms with Crippen LogP contribution in [-0.2, 0) is 23.1 Å². The van der Waals surface area contributed by atoms with E-state index in [2.05, 4.69) is 42.3 Å². The van der Waals surface area contributed by atoms with Crippen LogP contribution >= 0.6 is 11.6 Å². The number of anilines is 1. The third-order valence-corrected chi connectivity index (χ3v) is 11.5. The number of pyridine rings is 1. The van der Waals surface area contributed by atoms with E-state index in [1.165, 1.54) is 35.2 Å². The van der Waals surface area contributed by atoms with Crippen molar-refractivity contribution in [2.24, 2.45) is 11.8 Å². The highest BCUT2D eigenvalue weighted by Gasteiger charge is 2.54. The summed E-state index contributed by atoms with van der Waals surface area (Å²) in [5, 5.41) is 14.6. The number of carboxylic acids is 1. The van der Waals surface area contributed by atoms with Gasteiger partial charge in [0.2, 0.25) is 0 Å². The zero-order chi connectivity index (χ0) is 33.3. The van der Waals surface area contributed by atoms with Crippen LogP contribution < -0.4 is 14.8 Å². The molecule has 7 rings (SSSR count). The number of nitrogens with zero attached hydrogens (tertiary/aromatic N) is 1. The van der Waals surface area contributed by atoms with Crippen LogP contribution in [0.5, 0.6) is 17.2 Å². The van der Waals surface area contributed by atoms with Gasteiger partial charge in [-0.05, 0) is 141 Å². The zero-order valence-electron chi connectivity index (χ0n) is 27.9. The van der Waals surface area contributed by atoms with Gasteiger partial charge in [-0.15, -0.1) is 0 Å². The van der Waals surface area contributed by atoms with Crippen molar-refractivity contribution >= 4 is 23.3 Å². The maximum Gasteiger partial charge on any atom is 0.329 e. The molecule has 3 aliphatic rings. The topological polar surface area (TPSA) is 80.7 Å². The van der Waals surface area contributed by atoms with Crippen LogP contribution in [-0.4, -0.2) is 28.2 Å². The van der Waals surface area contributed by atoms with Gasteiger partial charge in [0.25, 0.3) is 0 Å². The van der Waals surface area contributed by atoms with Crippen LogP contribution in [0.25, 0.3) is 0 Å². The number of ether oxygens (including phenoxy) is 2. The maximum atomic E-state index is 12.9. The van der Waals surface area contributed by atoms with Gasteiger partial charge in [-0.25, -0.2) is 4.79 Å². The van der Waals surface area contributed by atoms with E-state index >= 15 is 0 Å². The quantitative estimate of drug-likeness (QED) is 0.176. The van der Waals surface area contributed by atoms with Gasteiger partial charge < -0.3 is 19.9 Å². The van der Waals surface area contributed by atoms with Crippen molar-refractivity contribution in [2.45, 2.75) is 88.5 Å². The molecule has 0 bridgehead atoms. The molecule has 3 aliphatic carbocycles. The Morgan fingerprint density at radius 1 is 1.02 bits per heavy atom. The first-order valence-electron chi connectivity index (χ1n) is 17.5. The highest BCUT2D eigenvalue weighted by molar-refractivity contribution is 6.30. The molecule has 2 N–H and O–H groups in total. The number of hydrogen-bond acceptors (Lipinski definition) is 5. The number of benzene rings is 3. The van der Waals surface area contributed by atoms with Crippen LogP contribution in [0.1, 0.15) is 87.1 Å². The second-order valence-corrected chi connectivity index (χ2v) is 14.9. The number of fused-ring (bicyclic) bond motifs is 3. The minimum atomic E-state index is -1.06. The predicted molar refractivity (Wildman–Crippen MR) is 191 cm³/mol. The van der Waals surface area contributed by atoms with Crippen molar-refractivity contribution in [3.8, 4) is 17.2 Å². The first kappa shape index (κ1) is 32.5. The van der Waals surface area contributed by atoms with E-state index in [9.17, 15) is 9.90 Å². The van der Waals surface area contributed by atoms with Crippen molar-refractivity contribution in [1.82, 2.24) is 4.98 Å². The predicted octanol–water partition coefficient (Wildman–Crippen LogP) is 9.99. The van der Waals surface area contributed by atoms with Gasteiger partial charge in [0.1, 0.15) is 22.8 Å². The summed E-state index contributed by atoms with van der Waals surface area (Å²) in [6.45, 7) is 5.22. The Hall–Kier alpha value is -4.03. The lowest BCUT2D eigenvalue weighted by molar-refractivity contribution is -0.144. The largest absolute Gasteiger partial charge is 0.493 e. The Kier molecular flexibility index (Phi) is 9.12. The lowest BCUT2D eigenvalue weighted by Crippen LogP contribution is -2.53. The highest BCUT2D eigenvalue weighted by atomic mass is 35.5. The van der Waals surface area contributed by atoms with E-state index < -0.39 is 11.5 Å². The van der Waals surface area contributed by atoms with Crippen LogP contribution in [0.2, 0.25) is 5.02 Å². The van der Waals surface area contributed by atoms with E-state index in [0.29, 0.717) is 42.2 Å². The lowest BCUT2D eigenvalue weighted by Gasteiger charge is -2.47. The molecule has 1 heterocycles. The molecule has 0 radical (unpaired) electrons. The van der Waals surface area contributed by atoms with Gasteiger partial charge in [-0.3, -0.25) is 4.98 Å². The summed E-state index contributed by atoms with van der Waals surface area (Å²) < 4.78 is 12.9. The summed E-state index contributed by atoms with van der Waals surface area (Å²) >= 11 is 6.28. The fourth-order valence-corrected chi connectivity index (χ4v) is 8.96. The Bertz CT molecular complexity index is 1770. The first-order chi connectivity index (χ1) is 23.2. The fourth-order valence-electron chi connectivity index (χ4n) is 8.76. The van der Waals surface area contributed by atoms with Gasteiger partial charge >= 0.3 is 5.97 Å². The molecule has 1 saturated carbocycles. The molecule has 1 fully saturated rings. The molecule has 1 spiro atoms. The summed E-state index contributed by atoms with van der Waals surface area (Å²) in [6, 6.07) is 25.8. The molecule has 3 aromatic carbocycles. The highest BCUT2D eigenvalue weighted by Crippen LogP contribution is 2.57. The van der Waals surface area contributed by atoms with E-state index in [4.69, 9.17) is 21.1 Å². The number of para-hydroxylation sites is 1. The van der Waals surface area contributed by atoms with Gasteiger partial charge in [0, 0.05) is 28.2 Å². The van der Waals surface area contributed by atoms with Crippen molar-refractivity contribution in [3.05, 3.63) is 112 Å². The molecule has 0 amide bonds. The summed E-state index contributed by atoms with van der Waals surface area (Å²) in [6.07, 6.45) is 9.79. The Labute approximate surface area is 288 Å². The summed E-state index contributed by atoms with van der Waals surface area (Å²) in [4.78, 5) is 17.6. The minimum Gasteiger partial charge on any atom is -0.493 e. The molecule has 3 atom stereocenters.